The van der Waals surface area contributed by atoms with Crippen molar-refractivity contribution in [2.24, 2.45) is 7.05 Å². The molecule has 0 spiro atoms. The lowest BCUT2D eigenvalue weighted by atomic mass is 10.4. The van der Waals surface area contributed by atoms with Gasteiger partial charge in [0.05, 0.1) is 17.9 Å². The minimum absolute atomic E-state index is 0.697. The summed E-state index contributed by atoms with van der Waals surface area (Å²) in [5.41, 5.74) is 1.81. The minimum atomic E-state index is 0.697. The second-order valence-electron chi connectivity index (χ2n) is 3.99. The zero-order valence-corrected chi connectivity index (χ0v) is 11.7. The summed E-state index contributed by atoms with van der Waals surface area (Å²) in [6, 6.07) is 0. The molecule has 0 radical (unpaired) electrons. The standard InChI is InChI=1S/C11H16N6S/c1-7-5-13-8(2)10(14-7)18-11-16-15-9(6-12-3)17(11)4/h5,12H,6H2,1-4H3. The van der Waals surface area contributed by atoms with Crippen LogP contribution in [0.2, 0.25) is 0 Å². The molecule has 2 heterocycles. The van der Waals surface area contributed by atoms with Crippen LogP contribution in [0.4, 0.5) is 0 Å². The highest BCUT2D eigenvalue weighted by molar-refractivity contribution is 7.99. The van der Waals surface area contributed by atoms with Crippen LogP contribution in [0.1, 0.15) is 17.2 Å². The van der Waals surface area contributed by atoms with Crippen molar-refractivity contribution in [2.45, 2.75) is 30.6 Å². The SMILES string of the molecule is CNCc1nnc(Sc2nc(C)cnc2C)n1C. The Morgan fingerprint density at radius 2 is 2.11 bits per heavy atom. The largest absolute Gasteiger partial charge is 0.313 e. The summed E-state index contributed by atoms with van der Waals surface area (Å²) in [7, 11) is 3.84. The van der Waals surface area contributed by atoms with Gasteiger partial charge >= 0.3 is 0 Å². The van der Waals surface area contributed by atoms with E-state index in [1.165, 1.54) is 11.8 Å². The molecule has 2 aromatic rings. The fourth-order valence-electron chi connectivity index (χ4n) is 1.44. The molecule has 0 saturated carbocycles. The number of nitrogens with zero attached hydrogens (tertiary/aromatic N) is 5. The number of rotatable bonds is 4. The smallest absolute Gasteiger partial charge is 0.197 e. The molecule has 0 fully saturated rings. The van der Waals surface area contributed by atoms with Gasteiger partial charge in [0.1, 0.15) is 10.9 Å². The van der Waals surface area contributed by atoms with Gasteiger partial charge in [0.25, 0.3) is 0 Å². The highest BCUT2D eigenvalue weighted by Gasteiger charge is 2.12. The average molecular weight is 264 g/mol. The highest BCUT2D eigenvalue weighted by atomic mass is 32.2. The molecule has 0 saturated heterocycles. The molecule has 96 valence electrons. The molecule has 0 aliphatic carbocycles. The molecular weight excluding hydrogens is 248 g/mol. The van der Waals surface area contributed by atoms with Gasteiger partial charge in [0, 0.05) is 13.2 Å². The Balaban J connectivity index is 2.26. The molecule has 6 nitrogen and oxygen atoms in total. The Hall–Kier alpha value is -1.47. The van der Waals surface area contributed by atoms with Crippen LogP contribution in [0.15, 0.2) is 16.4 Å². The zero-order chi connectivity index (χ0) is 13.1. The molecule has 0 atom stereocenters. The van der Waals surface area contributed by atoms with Gasteiger partial charge in [-0.15, -0.1) is 10.2 Å². The first kappa shape index (κ1) is 13.0. The van der Waals surface area contributed by atoms with Gasteiger partial charge in [-0.05, 0) is 32.7 Å². The van der Waals surface area contributed by atoms with E-state index in [0.717, 1.165) is 27.4 Å². The van der Waals surface area contributed by atoms with Crippen molar-refractivity contribution in [1.29, 1.82) is 0 Å². The molecule has 7 heteroatoms. The summed E-state index contributed by atoms with van der Waals surface area (Å²) >= 11 is 1.49. The number of aryl methyl sites for hydroxylation is 2. The van der Waals surface area contributed by atoms with Gasteiger partial charge in [0.2, 0.25) is 0 Å². The third kappa shape index (κ3) is 2.68. The van der Waals surface area contributed by atoms with Crippen molar-refractivity contribution in [2.75, 3.05) is 7.05 Å². The molecule has 0 aromatic carbocycles. The molecule has 1 N–H and O–H groups in total. The van der Waals surface area contributed by atoms with E-state index < -0.39 is 0 Å². The molecule has 2 aromatic heterocycles. The van der Waals surface area contributed by atoms with Crippen molar-refractivity contribution in [3.63, 3.8) is 0 Å². The number of hydrogen-bond donors (Lipinski definition) is 1. The summed E-state index contributed by atoms with van der Waals surface area (Å²) in [6.45, 7) is 4.57. The van der Waals surface area contributed by atoms with Crippen molar-refractivity contribution >= 4 is 11.8 Å². The van der Waals surface area contributed by atoms with Crippen LogP contribution in [0.25, 0.3) is 0 Å². The van der Waals surface area contributed by atoms with E-state index in [2.05, 4.69) is 25.5 Å². The summed E-state index contributed by atoms with van der Waals surface area (Å²) in [4.78, 5) is 8.76. The second-order valence-corrected chi connectivity index (χ2v) is 4.95. The first-order chi connectivity index (χ1) is 8.61. The summed E-state index contributed by atoms with van der Waals surface area (Å²) in [6.07, 6.45) is 1.77. The van der Waals surface area contributed by atoms with Crippen LogP contribution in [-0.4, -0.2) is 31.8 Å². The average Bonchev–Trinajstić information content (AvgIpc) is 2.67. The third-order valence-corrected chi connectivity index (χ3v) is 3.60. The Bertz CT molecular complexity index is 550. The summed E-state index contributed by atoms with van der Waals surface area (Å²) < 4.78 is 1.96. The Morgan fingerprint density at radius 3 is 2.83 bits per heavy atom. The maximum atomic E-state index is 4.47. The lowest BCUT2D eigenvalue weighted by Gasteiger charge is -2.05. The van der Waals surface area contributed by atoms with Crippen LogP contribution >= 0.6 is 11.8 Å². The first-order valence-corrected chi connectivity index (χ1v) is 6.44. The Morgan fingerprint density at radius 1 is 1.33 bits per heavy atom. The Labute approximate surface area is 110 Å². The van der Waals surface area contributed by atoms with Crippen molar-refractivity contribution in [1.82, 2.24) is 30.0 Å². The van der Waals surface area contributed by atoms with E-state index in [4.69, 9.17) is 0 Å². The monoisotopic (exact) mass is 264 g/mol. The third-order valence-electron chi connectivity index (χ3n) is 2.48. The maximum absolute atomic E-state index is 4.47. The molecule has 0 aliphatic heterocycles. The predicted molar refractivity (Wildman–Crippen MR) is 69.4 cm³/mol. The van der Waals surface area contributed by atoms with Gasteiger partial charge in [-0.3, -0.25) is 4.98 Å². The second kappa shape index (κ2) is 5.45. The van der Waals surface area contributed by atoms with Crippen LogP contribution in [0.3, 0.4) is 0 Å². The molecule has 0 bridgehead atoms. The topological polar surface area (TPSA) is 68.5 Å². The van der Waals surface area contributed by atoms with E-state index in [0.29, 0.717) is 6.54 Å². The normalized spacial score (nSPS) is 10.9. The number of nitrogens with one attached hydrogen (secondary N) is 1. The summed E-state index contributed by atoms with van der Waals surface area (Å²) in [5, 5.41) is 13.1. The fraction of sp³-hybridized carbons (Fsp3) is 0.455. The molecule has 0 aliphatic rings. The van der Waals surface area contributed by atoms with Crippen LogP contribution in [0, 0.1) is 13.8 Å². The molecule has 2 rings (SSSR count). The van der Waals surface area contributed by atoms with Gasteiger partial charge in [-0.2, -0.15) is 0 Å². The molecule has 0 amide bonds. The van der Waals surface area contributed by atoms with E-state index >= 15 is 0 Å². The maximum Gasteiger partial charge on any atom is 0.197 e. The summed E-state index contributed by atoms with van der Waals surface area (Å²) in [5.74, 6) is 0.901. The minimum Gasteiger partial charge on any atom is -0.313 e. The number of hydrogen-bond acceptors (Lipinski definition) is 6. The molecule has 0 unspecified atom stereocenters. The van der Waals surface area contributed by atoms with Crippen LogP contribution < -0.4 is 5.32 Å². The van der Waals surface area contributed by atoms with Gasteiger partial charge in [-0.25, -0.2) is 4.98 Å². The zero-order valence-electron chi connectivity index (χ0n) is 10.9. The van der Waals surface area contributed by atoms with Gasteiger partial charge in [0.15, 0.2) is 5.16 Å². The van der Waals surface area contributed by atoms with Crippen LogP contribution in [-0.2, 0) is 13.6 Å². The van der Waals surface area contributed by atoms with E-state index in [1.54, 1.807) is 6.20 Å². The fourth-order valence-corrected chi connectivity index (χ4v) is 2.33. The van der Waals surface area contributed by atoms with Crippen molar-refractivity contribution < 1.29 is 0 Å². The van der Waals surface area contributed by atoms with Crippen LogP contribution in [0.5, 0.6) is 0 Å². The predicted octanol–water partition coefficient (Wildman–Crippen LogP) is 1.09. The van der Waals surface area contributed by atoms with E-state index in [9.17, 15) is 0 Å². The van der Waals surface area contributed by atoms with Gasteiger partial charge in [-0.1, -0.05) is 0 Å². The van der Waals surface area contributed by atoms with Crippen molar-refractivity contribution in [3.8, 4) is 0 Å². The molecular formula is C11H16N6S. The quantitative estimate of drug-likeness (QED) is 0.891. The van der Waals surface area contributed by atoms with Crippen molar-refractivity contribution in [3.05, 3.63) is 23.4 Å². The van der Waals surface area contributed by atoms with E-state index in [1.807, 2.05) is 32.5 Å². The lowest BCUT2D eigenvalue weighted by Crippen LogP contribution is -2.10. The number of aromatic nitrogens is 5. The Kier molecular flexibility index (Phi) is 3.93. The first-order valence-electron chi connectivity index (χ1n) is 5.62. The molecule has 18 heavy (non-hydrogen) atoms. The lowest BCUT2D eigenvalue weighted by molar-refractivity contribution is 0.682. The van der Waals surface area contributed by atoms with E-state index in [-0.39, 0.29) is 0 Å². The van der Waals surface area contributed by atoms with Gasteiger partial charge < -0.3 is 9.88 Å². The highest BCUT2D eigenvalue weighted by Crippen LogP contribution is 2.26.